The van der Waals surface area contributed by atoms with Gasteiger partial charge in [-0.3, -0.25) is 0 Å². The van der Waals surface area contributed by atoms with Crippen molar-refractivity contribution >= 4 is 35.1 Å². The van der Waals surface area contributed by atoms with Crippen molar-refractivity contribution in [2.24, 2.45) is 5.73 Å². The first-order valence-corrected chi connectivity index (χ1v) is 8.56. The number of hydrogen-bond acceptors (Lipinski definition) is 4. The van der Waals surface area contributed by atoms with Gasteiger partial charge in [-0.05, 0) is 49.1 Å². The lowest BCUT2D eigenvalue weighted by atomic mass is 9.77. The van der Waals surface area contributed by atoms with Crippen LogP contribution in [-0.4, -0.2) is 22.2 Å². The minimum Gasteiger partial charge on any atom is -0.436 e. The van der Waals surface area contributed by atoms with Gasteiger partial charge in [0.1, 0.15) is 10.4 Å². The second-order valence-corrected chi connectivity index (χ2v) is 7.01. The van der Waals surface area contributed by atoms with Gasteiger partial charge in [0.15, 0.2) is 5.58 Å². The molecule has 4 rings (SSSR count). The van der Waals surface area contributed by atoms with Crippen molar-refractivity contribution in [3.63, 3.8) is 0 Å². The fourth-order valence-electron chi connectivity index (χ4n) is 3.47. The fraction of sp³-hybridized carbons (Fsp3) is 0.316. The number of aromatic nitrogens is 1. The Hall–Kier alpha value is -1.59. The Kier molecular flexibility index (Phi) is 5.07. The molecule has 0 radical (unpaired) electrons. The highest BCUT2D eigenvalue weighted by molar-refractivity contribution is 6.25. The third kappa shape index (κ3) is 3.04. The molecule has 4 nitrogen and oxygen atoms in total. The topological polar surface area (TPSA) is 72.3 Å². The quantitative estimate of drug-likeness (QED) is 0.654. The maximum Gasteiger partial charge on any atom is 0.227 e. The minimum atomic E-state index is -0.932. The van der Waals surface area contributed by atoms with E-state index in [1.807, 2.05) is 48.5 Å². The van der Waals surface area contributed by atoms with E-state index in [2.05, 4.69) is 4.98 Å². The molecule has 6 heteroatoms. The first kappa shape index (κ1) is 18.2. The third-order valence-corrected chi connectivity index (χ3v) is 5.64. The zero-order valence-corrected chi connectivity index (χ0v) is 15.1. The second-order valence-electron chi connectivity index (χ2n) is 6.39. The molecule has 0 unspecified atom stereocenters. The predicted molar refractivity (Wildman–Crippen MR) is 102 cm³/mol. The van der Waals surface area contributed by atoms with Crippen LogP contribution in [0, 0.1) is 0 Å². The molecule has 1 saturated carbocycles. The summed E-state index contributed by atoms with van der Waals surface area (Å²) in [7, 11) is 0. The van der Waals surface area contributed by atoms with E-state index in [0.717, 1.165) is 35.1 Å². The number of aliphatic hydroxyl groups is 1. The number of fused-ring (bicyclic) bond motifs is 1. The van der Waals surface area contributed by atoms with Crippen molar-refractivity contribution in [3.8, 4) is 11.5 Å². The van der Waals surface area contributed by atoms with Crippen LogP contribution in [-0.2, 0) is 4.87 Å². The van der Waals surface area contributed by atoms with Crippen LogP contribution in [0.3, 0.4) is 0 Å². The maximum absolute atomic E-state index is 10.4. The molecule has 132 valence electrons. The molecule has 3 aromatic rings. The highest BCUT2D eigenvalue weighted by atomic mass is 35.5. The highest BCUT2D eigenvalue weighted by Gasteiger charge is 2.45. The average molecular weight is 379 g/mol. The molecular formula is C19H20Cl2N2O2. The first-order valence-electron chi connectivity index (χ1n) is 8.18. The molecule has 0 aliphatic heterocycles. The van der Waals surface area contributed by atoms with E-state index in [1.54, 1.807) is 0 Å². The number of benzene rings is 2. The molecule has 0 saturated heterocycles. The van der Waals surface area contributed by atoms with E-state index in [9.17, 15) is 5.11 Å². The molecular weight excluding hydrogens is 359 g/mol. The Morgan fingerprint density at radius 2 is 1.84 bits per heavy atom. The highest BCUT2D eigenvalue weighted by Crippen LogP contribution is 2.43. The number of halogens is 2. The molecule has 0 bridgehead atoms. The summed E-state index contributed by atoms with van der Waals surface area (Å²) in [6.45, 7) is 0. The Bertz CT molecular complexity index is 820. The number of para-hydroxylation sites is 2. The summed E-state index contributed by atoms with van der Waals surface area (Å²) in [5, 5.41) is 10.4. The van der Waals surface area contributed by atoms with Crippen LogP contribution in [0.4, 0.5) is 0 Å². The van der Waals surface area contributed by atoms with E-state index in [1.165, 1.54) is 0 Å². The van der Waals surface area contributed by atoms with E-state index in [0.29, 0.717) is 12.3 Å². The summed E-state index contributed by atoms with van der Waals surface area (Å²) in [5.74, 6) is 0.569. The smallest absolute Gasteiger partial charge is 0.227 e. The normalized spacial score (nSPS) is 26.4. The number of nitrogens with zero attached hydrogens (tertiary/aromatic N) is 1. The van der Waals surface area contributed by atoms with Crippen molar-refractivity contribution < 1.29 is 9.52 Å². The molecule has 1 aliphatic carbocycles. The van der Waals surface area contributed by atoms with Gasteiger partial charge in [-0.25, -0.2) is 4.98 Å². The average Bonchev–Trinajstić information content (AvgIpc) is 3.04. The molecule has 0 amide bonds. The van der Waals surface area contributed by atoms with Crippen LogP contribution in [0.5, 0.6) is 0 Å². The lowest BCUT2D eigenvalue weighted by molar-refractivity contribution is 0.0736. The van der Waals surface area contributed by atoms with Crippen molar-refractivity contribution in [1.82, 2.24) is 4.98 Å². The summed E-state index contributed by atoms with van der Waals surface area (Å²) >= 11 is 6.75. The Morgan fingerprint density at radius 1 is 1.12 bits per heavy atom. The fourth-order valence-corrected chi connectivity index (χ4v) is 3.81. The van der Waals surface area contributed by atoms with Crippen LogP contribution in [0.15, 0.2) is 52.9 Å². The Balaban J connectivity index is 0.00000182. The molecule has 1 fully saturated rings. The van der Waals surface area contributed by atoms with Gasteiger partial charge in [0.2, 0.25) is 5.89 Å². The van der Waals surface area contributed by atoms with Crippen molar-refractivity contribution in [1.29, 1.82) is 0 Å². The number of alkyl halides is 1. The number of hydrogen-bond donors (Lipinski definition) is 2. The largest absolute Gasteiger partial charge is 0.436 e. The number of oxazole rings is 1. The van der Waals surface area contributed by atoms with Gasteiger partial charge in [0.25, 0.3) is 0 Å². The number of rotatable bonds is 2. The molecule has 25 heavy (non-hydrogen) atoms. The molecule has 3 atom stereocenters. The van der Waals surface area contributed by atoms with E-state index in [4.69, 9.17) is 21.8 Å². The van der Waals surface area contributed by atoms with Crippen LogP contribution < -0.4 is 5.73 Å². The van der Waals surface area contributed by atoms with Crippen molar-refractivity contribution in [3.05, 3.63) is 54.1 Å². The standard InChI is InChI=1S/C19H19ClN2O2.ClH/c20-19(16(21)6-3-7-17(19)23)13-10-8-12(9-11-13)18-22-14-4-1-2-5-15(14)24-18;/h1-2,4-5,8-11,16-17,23H,3,6-7,21H2;1H/t16-,17-,19+;/m0./s1. The Labute approximate surface area is 157 Å². The van der Waals surface area contributed by atoms with Crippen molar-refractivity contribution in [2.75, 3.05) is 0 Å². The van der Waals surface area contributed by atoms with Crippen LogP contribution >= 0.6 is 24.0 Å². The summed E-state index contributed by atoms with van der Waals surface area (Å²) in [4.78, 5) is 3.57. The number of nitrogens with two attached hydrogens (primary N) is 1. The summed E-state index contributed by atoms with van der Waals surface area (Å²) in [6.07, 6.45) is 1.74. The molecule has 1 heterocycles. The zero-order valence-electron chi connectivity index (χ0n) is 13.6. The van der Waals surface area contributed by atoms with Crippen LogP contribution in [0.25, 0.3) is 22.6 Å². The molecule has 1 aliphatic rings. The Morgan fingerprint density at radius 3 is 2.52 bits per heavy atom. The van der Waals surface area contributed by atoms with Gasteiger partial charge in [-0.2, -0.15) is 0 Å². The molecule has 2 aromatic carbocycles. The van der Waals surface area contributed by atoms with Crippen molar-refractivity contribution in [2.45, 2.75) is 36.3 Å². The predicted octanol–water partition coefficient (Wildman–Crippen LogP) is 4.22. The van der Waals surface area contributed by atoms with E-state index < -0.39 is 11.0 Å². The van der Waals surface area contributed by atoms with Gasteiger partial charge < -0.3 is 15.3 Å². The SMILES string of the molecule is Cl.N[C@H]1CCC[C@H](O)[C@@]1(Cl)c1ccc(-c2nc3ccccc3o2)cc1. The zero-order chi connectivity index (χ0) is 16.7. The lowest BCUT2D eigenvalue weighted by Gasteiger charge is -2.41. The third-order valence-electron chi connectivity index (χ3n) is 4.89. The summed E-state index contributed by atoms with van der Waals surface area (Å²) in [6, 6.07) is 15.0. The summed E-state index contributed by atoms with van der Waals surface area (Å²) in [5.41, 5.74) is 9.51. The maximum atomic E-state index is 10.4. The monoisotopic (exact) mass is 378 g/mol. The first-order chi connectivity index (χ1) is 11.6. The van der Waals surface area contributed by atoms with Crippen LogP contribution in [0.2, 0.25) is 0 Å². The van der Waals surface area contributed by atoms with E-state index >= 15 is 0 Å². The van der Waals surface area contributed by atoms with Gasteiger partial charge in [-0.1, -0.05) is 24.3 Å². The molecule has 3 N–H and O–H groups in total. The van der Waals surface area contributed by atoms with Gasteiger partial charge in [0.05, 0.1) is 6.10 Å². The van der Waals surface area contributed by atoms with Gasteiger partial charge in [-0.15, -0.1) is 24.0 Å². The number of aliphatic hydroxyl groups excluding tert-OH is 1. The van der Waals surface area contributed by atoms with Gasteiger partial charge in [0, 0.05) is 11.6 Å². The molecule has 0 spiro atoms. The minimum absolute atomic E-state index is 0. The second kappa shape index (κ2) is 6.96. The summed E-state index contributed by atoms with van der Waals surface area (Å²) < 4.78 is 5.79. The lowest BCUT2D eigenvalue weighted by Crippen LogP contribution is -2.52. The molecule has 1 aromatic heterocycles. The van der Waals surface area contributed by atoms with Crippen LogP contribution in [0.1, 0.15) is 24.8 Å². The van der Waals surface area contributed by atoms with Gasteiger partial charge >= 0.3 is 0 Å². The van der Waals surface area contributed by atoms with E-state index in [-0.39, 0.29) is 18.4 Å².